The van der Waals surface area contributed by atoms with Gasteiger partial charge in [0.1, 0.15) is 0 Å². The summed E-state index contributed by atoms with van der Waals surface area (Å²) in [4.78, 5) is 2.36. The van der Waals surface area contributed by atoms with Crippen LogP contribution >= 0.6 is 0 Å². The Labute approximate surface area is 105 Å². The molecule has 0 saturated heterocycles. The van der Waals surface area contributed by atoms with Gasteiger partial charge in [-0.2, -0.15) is 0 Å². The zero-order chi connectivity index (χ0) is 12.5. The van der Waals surface area contributed by atoms with Gasteiger partial charge in [-0.25, -0.2) is 0 Å². The van der Waals surface area contributed by atoms with Crippen molar-refractivity contribution in [2.24, 2.45) is 5.73 Å². The second kappa shape index (κ2) is 8.04. The van der Waals surface area contributed by atoms with Gasteiger partial charge in [0.25, 0.3) is 0 Å². The van der Waals surface area contributed by atoms with Gasteiger partial charge in [-0.3, -0.25) is 0 Å². The first-order valence-electron chi connectivity index (χ1n) is 6.34. The molecule has 0 fully saturated rings. The van der Waals surface area contributed by atoms with Crippen LogP contribution < -0.4 is 5.73 Å². The molecule has 94 valence electrons. The maximum atomic E-state index is 5.63. The van der Waals surface area contributed by atoms with Crippen molar-refractivity contribution in [2.75, 3.05) is 20.1 Å². The van der Waals surface area contributed by atoms with Crippen LogP contribution in [-0.4, -0.2) is 25.0 Å². The smallest absolute Gasteiger partial charge is 0.0233 e. The van der Waals surface area contributed by atoms with Gasteiger partial charge in [0, 0.05) is 6.54 Å². The standard InChI is InChI=1S/C15H24N2/c1-3-4-7-12-17(2)13-15-9-6-5-8-14(15)10-11-16/h3,5-6,8-9H,1,4,7,10-13,16H2,2H3. The van der Waals surface area contributed by atoms with Crippen molar-refractivity contribution in [3.05, 3.63) is 48.0 Å². The lowest BCUT2D eigenvalue weighted by molar-refractivity contribution is 0.322. The Kier molecular flexibility index (Phi) is 6.60. The summed E-state index contributed by atoms with van der Waals surface area (Å²) in [6, 6.07) is 8.58. The van der Waals surface area contributed by atoms with E-state index < -0.39 is 0 Å². The molecule has 0 radical (unpaired) electrons. The molecule has 2 heteroatoms. The molecule has 1 aromatic carbocycles. The Hall–Kier alpha value is -1.12. The highest BCUT2D eigenvalue weighted by Crippen LogP contribution is 2.11. The number of hydrogen-bond acceptors (Lipinski definition) is 2. The van der Waals surface area contributed by atoms with E-state index in [2.05, 4.69) is 42.8 Å². The molecule has 0 saturated carbocycles. The fourth-order valence-corrected chi connectivity index (χ4v) is 1.99. The first-order valence-corrected chi connectivity index (χ1v) is 6.34. The number of nitrogens with zero attached hydrogens (tertiary/aromatic N) is 1. The predicted octanol–water partition coefficient (Wildman–Crippen LogP) is 2.59. The summed E-state index contributed by atoms with van der Waals surface area (Å²) in [6.07, 6.45) is 5.22. The van der Waals surface area contributed by atoms with Crippen LogP contribution in [0.4, 0.5) is 0 Å². The highest BCUT2D eigenvalue weighted by Gasteiger charge is 2.04. The van der Waals surface area contributed by atoms with Crippen LogP contribution in [-0.2, 0) is 13.0 Å². The summed E-state index contributed by atoms with van der Waals surface area (Å²) in [5, 5.41) is 0. The summed E-state index contributed by atoms with van der Waals surface area (Å²) in [5.41, 5.74) is 8.42. The number of unbranched alkanes of at least 4 members (excludes halogenated alkanes) is 1. The molecule has 2 nitrogen and oxygen atoms in total. The van der Waals surface area contributed by atoms with Gasteiger partial charge in [0.15, 0.2) is 0 Å². The summed E-state index contributed by atoms with van der Waals surface area (Å²) in [5.74, 6) is 0. The molecule has 0 aliphatic carbocycles. The van der Waals surface area contributed by atoms with Crippen LogP contribution in [0.5, 0.6) is 0 Å². The van der Waals surface area contributed by atoms with Gasteiger partial charge >= 0.3 is 0 Å². The third-order valence-electron chi connectivity index (χ3n) is 2.92. The number of allylic oxidation sites excluding steroid dienone is 1. The van der Waals surface area contributed by atoms with E-state index in [4.69, 9.17) is 5.73 Å². The third kappa shape index (κ3) is 5.16. The van der Waals surface area contributed by atoms with Crippen molar-refractivity contribution in [1.29, 1.82) is 0 Å². The van der Waals surface area contributed by atoms with E-state index in [1.165, 1.54) is 17.5 Å². The Morgan fingerprint density at radius 1 is 1.29 bits per heavy atom. The van der Waals surface area contributed by atoms with Gasteiger partial charge in [0.05, 0.1) is 0 Å². The van der Waals surface area contributed by atoms with Crippen LogP contribution in [0.15, 0.2) is 36.9 Å². The normalized spacial score (nSPS) is 10.8. The second-order valence-electron chi connectivity index (χ2n) is 4.48. The monoisotopic (exact) mass is 232 g/mol. The van der Waals surface area contributed by atoms with Gasteiger partial charge in [-0.05, 0) is 50.5 Å². The number of nitrogens with two attached hydrogens (primary N) is 1. The Morgan fingerprint density at radius 3 is 2.65 bits per heavy atom. The Bertz CT molecular complexity index is 333. The Balaban J connectivity index is 2.51. The third-order valence-corrected chi connectivity index (χ3v) is 2.92. The van der Waals surface area contributed by atoms with Gasteiger partial charge < -0.3 is 10.6 Å². The van der Waals surface area contributed by atoms with E-state index in [-0.39, 0.29) is 0 Å². The highest BCUT2D eigenvalue weighted by molar-refractivity contribution is 5.27. The quantitative estimate of drug-likeness (QED) is 0.551. The topological polar surface area (TPSA) is 29.3 Å². The van der Waals surface area contributed by atoms with Crippen molar-refractivity contribution in [2.45, 2.75) is 25.8 Å². The first kappa shape index (κ1) is 13.9. The minimum atomic E-state index is 0.719. The van der Waals surface area contributed by atoms with E-state index in [1.807, 2.05) is 6.08 Å². The molecule has 0 bridgehead atoms. The molecule has 0 spiro atoms. The molecule has 1 aromatic rings. The van der Waals surface area contributed by atoms with Crippen molar-refractivity contribution in [3.63, 3.8) is 0 Å². The summed E-state index contributed by atoms with van der Waals surface area (Å²) in [6.45, 7) is 6.59. The average molecular weight is 232 g/mol. The zero-order valence-corrected chi connectivity index (χ0v) is 10.9. The summed E-state index contributed by atoms with van der Waals surface area (Å²) >= 11 is 0. The minimum Gasteiger partial charge on any atom is -0.330 e. The van der Waals surface area contributed by atoms with E-state index in [0.717, 1.165) is 32.5 Å². The van der Waals surface area contributed by atoms with Crippen molar-refractivity contribution in [3.8, 4) is 0 Å². The lowest BCUT2D eigenvalue weighted by Gasteiger charge is -2.18. The van der Waals surface area contributed by atoms with Gasteiger partial charge in [0.2, 0.25) is 0 Å². The zero-order valence-electron chi connectivity index (χ0n) is 10.9. The molecule has 17 heavy (non-hydrogen) atoms. The molecule has 0 heterocycles. The van der Waals surface area contributed by atoms with Crippen LogP contribution in [0.2, 0.25) is 0 Å². The van der Waals surface area contributed by atoms with E-state index >= 15 is 0 Å². The maximum absolute atomic E-state index is 5.63. The minimum absolute atomic E-state index is 0.719. The number of benzene rings is 1. The maximum Gasteiger partial charge on any atom is 0.0233 e. The van der Waals surface area contributed by atoms with Crippen molar-refractivity contribution in [1.82, 2.24) is 4.90 Å². The van der Waals surface area contributed by atoms with Crippen LogP contribution in [0.25, 0.3) is 0 Å². The average Bonchev–Trinajstić information content (AvgIpc) is 2.32. The molecular formula is C15H24N2. The molecule has 0 atom stereocenters. The molecule has 0 aliphatic heterocycles. The fraction of sp³-hybridized carbons (Fsp3) is 0.467. The SMILES string of the molecule is C=CCCCN(C)Cc1ccccc1CCN. The fourth-order valence-electron chi connectivity index (χ4n) is 1.99. The van der Waals surface area contributed by atoms with E-state index in [9.17, 15) is 0 Å². The molecule has 0 aromatic heterocycles. The molecule has 0 unspecified atom stereocenters. The molecular weight excluding hydrogens is 208 g/mol. The van der Waals surface area contributed by atoms with E-state index in [0.29, 0.717) is 0 Å². The number of rotatable bonds is 8. The summed E-state index contributed by atoms with van der Waals surface area (Å²) in [7, 11) is 2.17. The van der Waals surface area contributed by atoms with E-state index in [1.54, 1.807) is 0 Å². The lowest BCUT2D eigenvalue weighted by Crippen LogP contribution is -2.20. The second-order valence-corrected chi connectivity index (χ2v) is 4.48. The largest absolute Gasteiger partial charge is 0.330 e. The molecule has 0 aliphatic rings. The lowest BCUT2D eigenvalue weighted by atomic mass is 10.0. The van der Waals surface area contributed by atoms with Crippen LogP contribution in [0.3, 0.4) is 0 Å². The van der Waals surface area contributed by atoms with Gasteiger partial charge in [-0.1, -0.05) is 30.3 Å². The first-order chi connectivity index (χ1) is 8.27. The Morgan fingerprint density at radius 2 is 2.00 bits per heavy atom. The predicted molar refractivity (Wildman–Crippen MR) is 75.0 cm³/mol. The molecule has 1 rings (SSSR count). The van der Waals surface area contributed by atoms with Crippen LogP contribution in [0.1, 0.15) is 24.0 Å². The van der Waals surface area contributed by atoms with Crippen LogP contribution in [0, 0.1) is 0 Å². The molecule has 2 N–H and O–H groups in total. The van der Waals surface area contributed by atoms with Crippen molar-refractivity contribution >= 4 is 0 Å². The molecule has 0 amide bonds. The number of hydrogen-bond donors (Lipinski definition) is 1. The van der Waals surface area contributed by atoms with Gasteiger partial charge in [-0.15, -0.1) is 6.58 Å². The van der Waals surface area contributed by atoms with Crippen molar-refractivity contribution < 1.29 is 0 Å². The highest BCUT2D eigenvalue weighted by atomic mass is 15.1. The summed E-state index contributed by atoms with van der Waals surface area (Å²) < 4.78 is 0.